The molecule has 2 amide bonds. The van der Waals surface area contributed by atoms with Gasteiger partial charge in [0, 0.05) is 6.54 Å². The second kappa shape index (κ2) is 9.30. The fraction of sp³-hybridized carbons (Fsp3) is 0.419. The molecular weight excluding hydrogens is 546 g/mol. The number of imide groups is 1. The molecular formula is C31H32BrNO5. The third kappa shape index (κ3) is 3.30. The zero-order chi connectivity index (χ0) is 27.5. The lowest BCUT2D eigenvalue weighted by molar-refractivity contribution is -0.146. The summed E-state index contributed by atoms with van der Waals surface area (Å²) in [7, 11) is 1.37. The molecule has 4 unspecified atom stereocenters. The number of fused-ring (bicyclic) bond motifs is 5. The van der Waals surface area contributed by atoms with Crippen molar-refractivity contribution in [3.63, 3.8) is 0 Å². The van der Waals surface area contributed by atoms with Gasteiger partial charge in [0.25, 0.3) is 0 Å². The van der Waals surface area contributed by atoms with E-state index >= 15 is 0 Å². The summed E-state index contributed by atoms with van der Waals surface area (Å²) in [5, 5.41) is 0. The first kappa shape index (κ1) is 26.5. The van der Waals surface area contributed by atoms with Gasteiger partial charge in [-0.3, -0.25) is 24.1 Å². The molecule has 6 nitrogen and oxygen atoms in total. The highest BCUT2D eigenvalue weighted by atomic mass is 79.9. The van der Waals surface area contributed by atoms with Crippen molar-refractivity contribution in [3.05, 3.63) is 71.8 Å². The molecule has 2 aromatic rings. The SMILES string of the molecule is COC(=O)[C@@H](C)CCCCN1C(=O)C2C3(C)C(=O)C(C)(C(c4ccccc4)=C3c3ccccc3)C2(Br)C1=O. The maximum atomic E-state index is 14.4. The topological polar surface area (TPSA) is 80.8 Å². The van der Waals surface area contributed by atoms with Gasteiger partial charge >= 0.3 is 5.97 Å². The van der Waals surface area contributed by atoms with E-state index in [-0.39, 0.29) is 36.0 Å². The minimum atomic E-state index is -1.37. The van der Waals surface area contributed by atoms with Crippen molar-refractivity contribution in [3.8, 4) is 0 Å². The number of alkyl halides is 1. The van der Waals surface area contributed by atoms with Gasteiger partial charge in [0.05, 0.1) is 29.8 Å². The third-order valence-corrected chi connectivity index (χ3v) is 10.6. The maximum absolute atomic E-state index is 14.4. The molecule has 1 aliphatic heterocycles. The van der Waals surface area contributed by atoms with E-state index in [2.05, 4.69) is 15.9 Å². The van der Waals surface area contributed by atoms with E-state index in [1.54, 1.807) is 0 Å². The van der Waals surface area contributed by atoms with E-state index < -0.39 is 21.1 Å². The summed E-state index contributed by atoms with van der Waals surface area (Å²) in [6, 6.07) is 19.4. The number of unbranched alkanes of at least 4 members (excludes halogenated alkanes) is 1. The van der Waals surface area contributed by atoms with Gasteiger partial charge in [-0.2, -0.15) is 0 Å². The fourth-order valence-electron chi connectivity index (χ4n) is 7.11. The van der Waals surface area contributed by atoms with E-state index in [1.165, 1.54) is 12.0 Å². The lowest BCUT2D eigenvalue weighted by Gasteiger charge is -2.41. The summed E-state index contributed by atoms with van der Waals surface area (Å²) in [6.45, 7) is 5.72. The van der Waals surface area contributed by atoms with Crippen LogP contribution in [0.25, 0.3) is 11.1 Å². The molecule has 5 atom stereocenters. The molecule has 5 rings (SSSR count). The standard InChI is InChI=1S/C31H32BrNO5/c1-19(26(35)38-4)13-11-12-18-33-25(34)24-29(2)22(20-14-7-5-8-15-20)23(21-16-9-6-10-17-21)30(3,27(29)36)31(24,32)28(33)37/h5-10,14-17,19,24H,11-13,18H2,1-4H3/t19-,24?,29?,30?,31?/m0/s1. The lowest BCUT2D eigenvalue weighted by atomic mass is 9.63. The summed E-state index contributed by atoms with van der Waals surface area (Å²) >= 11 is 3.78. The molecule has 1 heterocycles. The molecule has 2 aromatic carbocycles. The second-order valence-corrected chi connectivity index (χ2v) is 12.2. The molecule has 0 radical (unpaired) electrons. The number of ketones is 1. The largest absolute Gasteiger partial charge is 0.469 e. The quantitative estimate of drug-likeness (QED) is 0.184. The number of Topliss-reactive ketones (excluding diaryl/α,β-unsaturated/α-hetero) is 1. The van der Waals surface area contributed by atoms with E-state index in [4.69, 9.17) is 4.74 Å². The molecule has 7 heteroatoms. The Morgan fingerprint density at radius 1 is 0.947 bits per heavy atom. The number of hydrogen-bond donors (Lipinski definition) is 0. The van der Waals surface area contributed by atoms with Gasteiger partial charge in [0.15, 0.2) is 5.78 Å². The van der Waals surface area contributed by atoms with Crippen LogP contribution in [0, 0.1) is 22.7 Å². The number of nitrogens with zero attached hydrogens (tertiary/aromatic N) is 1. The van der Waals surface area contributed by atoms with Crippen LogP contribution in [0.15, 0.2) is 60.7 Å². The van der Waals surface area contributed by atoms with Crippen LogP contribution in [0.4, 0.5) is 0 Å². The first-order valence-electron chi connectivity index (χ1n) is 13.1. The Balaban J connectivity index is 1.56. The van der Waals surface area contributed by atoms with Crippen molar-refractivity contribution < 1.29 is 23.9 Å². The zero-order valence-electron chi connectivity index (χ0n) is 22.1. The van der Waals surface area contributed by atoms with Crippen LogP contribution in [-0.4, -0.2) is 46.4 Å². The Bertz CT molecular complexity index is 1350. The molecule has 0 N–H and O–H groups in total. The van der Waals surface area contributed by atoms with Crippen LogP contribution in [0.2, 0.25) is 0 Å². The van der Waals surface area contributed by atoms with Crippen molar-refractivity contribution in [1.82, 2.24) is 4.90 Å². The summed E-state index contributed by atoms with van der Waals surface area (Å²) < 4.78 is 3.43. The van der Waals surface area contributed by atoms with E-state index in [0.717, 1.165) is 22.3 Å². The molecule has 1 saturated carbocycles. The van der Waals surface area contributed by atoms with Crippen molar-refractivity contribution >= 4 is 50.6 Å². The monoisotopic (exact) mass is 577 g/mol. The fourth-order valence-corrected chi connectivity index (χ4v) is 8.36. The van der Waals surface area contributed by atoms with Gasteiger partial charge in [-0.05, 0) is 49.0 Å². The number of carbonyl (C=O) groups is 4. The number of hydrogen-bond acceptors (Lipinski definition) is 5. The molecule has 38 heavy (non-hydrogen) atoms. The minimum absolute atomic E-state index is 0.0992. The first-order chi connectivity index (χ1) is 18.1. The minimum Gasteiger partial charge on any atom is -0.469 e. The molecule has 0 spiro atoms. The molecule has 2 aliphatic carbocycles. The number of rotatable bonds is 8. The third-order valence-electron chi connectivity index (χ3n) is 8.96. The molecule has 0 aromatic heterocycles. The van der Waals surface area contributed by atoms with Gasteiger partial charge < -0.3 is 4.74 Å². The van der Waals surface area contributed by atoms with Crippen LogP contribution in [0.3, 0.4) is 0 Å². The Labute approximate surface area is 231 Å². The van der Waals surface area contributed by atoms with E-state index in [9.17, 15) is 19.2 Å². The predicted molar refractivity (Wildman–Crippen MR) is 148 cm³/mol. The van der Waals surface area contributed by atoms with Crippen LogP contribution in [0.5, 0.6) is 0 Å². The normalized spacial score (nSPS) is 30.7. The Kier molecular flexibility index (Phi) is 6.49. The number of methoxy groups -OCH3 is 1. The molecule has 2 fully saturated rings. The van der Waals surface area contributed by atoms with Crippen molar-refractivity contribution in [1.29, 1.82) is 0 Å². The Hall–Kier alpha value is -3.06. The number of likely N-dealkylation sites (tertiary alicyclic amines) is 1. The molecule has 3 aliphatic rings. The molecule has 1 saturated heterocycles. The first-order valence-corrected chi connectivity index (χ1v) is 13.9. The molecule has 2 bridgehead atoms. The average molecular weight is 579 g/mol. The predicted octanol–water partition coefficient (Wildman–Crippen LogP) is 5.30. The van der Waals surface area contributed by atoms with Crippen molar-refractivity contribution in [2.45, 2.75) is 44.4 Å². The van der Waals surface area contributed by atoms with E-state index in [0.29, 0.717) is 19.3 Å². The van der Waals surface area contributed by atoms with Crippen molar-refractivity contribution in [2.24, 2.45) is 22.7 Å². The van der Waals surface area contributed by atoms with E-state index in [1.807, 2.05) is 81.4 Å². The summed E-state index contributed by atoms with van der Waals surface area (Å²) in [6.07, 6.45) is 1.85. The summed E-state index contributed by atoms with van der Waals surface area (Å²) in [4.78, 5) is 55.6. The zero-order valence-corrected chi connectivity index (χ0v) is 23.7. The number of ether oxygens (including phenoxy) is 1. The highest BCUT2D eigenvalue weighted by Crippen LogP contribution is 2.77. The average Bonchev–Trinajstić information content (AvgIpc) is 3.31. The summed E-state index contributed by atoms with van der Waals surface area (Å²) in [5.74, 6) is -2.13. The highest BCUT2D eigenvalue weighted by Gasteiger charge is 2.85. The Morgan fingerprint density at radius 2 is 1.50 bits per heavy atom. The van der Waals surface area contributed by atoms with Crippen LogP contribution >= 0.6 is 15.9 Å². The highest BCUT2D eigenvalue weighted by molar-refractivity contribution is 9.10. The summed E-state index contributed by atoms with van der Waals surface area (Å²) in [5.41, 5.74) is 0.979. The number of benzene rings is 2. The number of carbonyl (C=O) groups excluding carboxylic acids is 4. The Morgan fingerprint density at radius 3 is 2.05 bits per heavy atom. The number of allylic oxidation sites excluding steroid dienone is 2. The smallest absolute Gasteiger partial charge is 0.308 e. The number of halogens is 1. The number of esters is 1. The lowest BCUT2D eigenvalue weighted by Crippen LogP contribution is -2.50. The van der Waals surface area contributed by atoms with Crippen LogP contribution < -0.4 is 0 Å². The van der Waals surface area contributed by atoms with Gasteiger partial charge in [-0.15, -0.1) is 0 Å². The van der Waals surface area contributed by atoms with Crippen LogP contribution in [0.1, 0.15) is 51.2 Å². The van der Waals surface area contributed by atoms with Gasteiger partial charge in [0.2, 0.25) is 11.8 Å². The van der Waals surface area contributed by atoms with Gasteiger partial charge in [-0.25, -0.2) is 0 Å². The second-order valence-electron chi connectivity index (χ2n) is 11.0. The van der Waals surface area contributed by atoms with Crippen molar-refractivity contribution in [2.75, 3.05) is 13.7 Å². The van der Waals surface area contributed by atoms with Gasteiger partial charge in [-0.1, -0.05) is 89.9 Å². The molecule has 198 valence electrons. The maximum Gasteiger partial charge on any atom is 0.308 e. The van der Waals surface area contributed by atoms with Gasteiger partial charge in [0.1, 0.15) is 4.32 Å². The van der Waals surface area contributed by atoms with Crippen LogP contribution in [-0.2, 0) is 23.9 Å². The number of amides is 2.